The molecule has 4 amide bonds. The van der Waals surface area contributed by atoms with Gasteiger partial charge in [-0.05, 0) is 73.0 Å². The van der Waals surface area contributed by atoms with Crippen molar-refractivity contribution in [3.63, 3.8) is 0 Å². The smallest absolute Gasteiger partial charge is 0.426 e. The molecule has 19 heteroatoms. The second kappa shape index (κ2) is 21.3. The Morgan fingerprint density at radius 1 is 0.767 bits per heavy atom. The van der Waals surface area contributed by atoms with E-state index in [9.17, 15) is 42.8 Å². The van der Waals surface area contributed by atoms with E-state index in [4.69, 9.17) is 11.5 Å². The third-order valence-corrected chi connectivity index (χ3v) is 7.80. The number of hydrogen-bond donors (Lipinski definition) is 11. The van der Waals surface area contributed by atoms with E-state index in [0.29, 0.717) is 38.8 Å². The van der Waals surface area contributed by atoms with Crippen LogP contribution < -0.4 is 42.8 Å². The Morgan fingerprint density at radius 2 is 1.30 bits per heavy atom. The van der Waals surface area contributed by atoms with Crippen LogP contribution in [0.1, 0.15) is 59.3 Å². The summed E-state index contributed by atoms with van der Waals surface area (Å²) in [5.41, 5.74) is 11.0. The summed E-state index contributed by atoms with van der Waals surface area (Å²) in [5.74, 6) is -4.50. The quantitative estimate of drug-likeness (QED) is 0.0371. The van der Waals surface area contributed by atoms with Crippen molar-refractivity contribution >= 4 is 40.8 Å². The van der Waals surface area contributed by atoms with Gasteiger partial charge in [0.2, 0.25) is 33.7 Å². The molecule has 0 saturated carbocycles. The van der Waals surface area contributed by atoms with Crippen LogP contribution in [0.25, 0.3) is 0 Å². The molecule has 250 valence electrons. The molecular formula is C24H51BN8O9S. The Bertz CT molecular complexity index is 974. The Morgan fingerprint density at radius 3 is 1.79 bits per heavy atom. The summed E-state index contributed by atoms with van der Waals surface area (Å²) in [6.07, 6.45) is 0.846. The van der Waals surface area contributed by atoms with Crippen LogP contribution in [0.2, 0.25) is 0 Å². The van der Waals surface area contributed by atoms with Crippen LogP contribution in [0.5, 0.6) is 0 Å². The van der Waals surface area contributed by atoms with Gasteiger partial charge in [0.25, 0.3) is 0 Å². The van der Waals surface area contributed by atoms with E-state index in [1.807, 2.05) is 0 Å². The van der Waals surface area contributed by atoms with E-state index < -0.39 is 77.0 Å². The van der Waals surface area contributed by atoms with E-state index in [1.54, 1.807) is 7.05 Å². The van der Waals surface area contributed by atoms with E-state index >= 15 is 0 Å². The van der Waals surface area contributed by atoms with E-state index in [1.165, 1.54) is 20.8 Å². The Kier molecular flexibility index (Phi) is 20.2. The third kappa shape index (κ3) is 16.9. The van der Waals surface area contributed by atoms with Crippen LogP contribution in [-0.2, 0) is 29.2 Å². The summed E-state index contributed by atoms with van der Waals surface area (Å²) >= 11 is 0. The molecular weight excluding hydrogens is 587 g/mol. The first-order valence-electron chi connectivity index (χ1n) is 14.4. The van der Waals surface area contributed by atoms with Gasteiger partial charge >= 0.3 is 7.12 Å². The highest BCUT2D eigenvalue weighted by atomic mass is 32.2. The van der Waals surface area contributed by atoms with Gasteiger partial charge in [-0.3, -0.25) is 19.2 Å². The van der Waals surface area contributed by atoms with Crippen molar-refractivity contribution in [3.05, 3.63) is 0 Å². The molecule has 0 fully saturated rings. The minimum Gasteiger partial charge on any atom is -0.426 e. The maximum atomic E-state index is 13.1. The summed E-state index contributed by atoms with van der Waals surface area (Å²) in [7, 11) is -4.10. The molecule has 0 rings (SSSR count). The molecule has 0 aromatic heterocycles. The van der Waals surface area contributed by atoms with Crippen LogP contribution in [0.15, 0.2) is 0 Å². The summed E-state index contributed by atoms with van der Waals surface area (Å²) in [5, 5.41) is 41.1. The highest BCUT2D eigenvalue weighted by Crippen LogP contribution is 2.06. The molecule has 17 nitrogen and oxygen atoms in total. The minimum atomic E-state index is -3.86. The lowest BCUT2D eigenvalue weighted by Gasteiger charge is -2.27. The number of nitrogens with one attached hydrogen (secondary N) is 6. The Labute approximate surface area is 254 Å². The topological polar surface area (TPSA) is 287 Å². The fourth-order valence-corrected chi connectivity index (χ4v) is 4.98. The largest absolute Gasteiger partial charge is 0.475 e. The highest BCUT2D eigenvalue weighted by molar-refractivity contribution is 7.89. The normalized spacial score (nSPS) is 15.7. The average Bonchev–Trinajstić information content (AvgIpc) is 2.93. The van der Waals surface area contributed by atoms with Gasteiger partial charge in [-0.2, -0.15) is 0 Å². The zero-order valence-electron chi connectivity index (χ0n) is 25.5. The predicted molar refractivity (Wildman–Crippen MR) is 161 cm³/mol. The fraction of sp³-hybridized carbons (Fsp3) is 0.833. The first-order chi connectivity index (χ1) is 20.1. The number of carbonyl (C=O) groups excluding carboxylic acids is 4. The minimum absolute atomic E-state index is 0.0916. The van der Waals surface area contributed by atoms with Crippen LogP contribution in [0.3, 0.4) is 0 Å². The first-order valence-corrected chi connectivity index (χ1v) is 16.1. The zero-order chi connectivity index (χ0) is 33.2. The van der Waals surface area contributed by atoms with Gasteiger partial charge < -0.3 is 53.2 Å². The van der Waals surface area contributed by atoms with E-state index in [0.717, 1.165) is 0 Å². The van der Waals surface area contributed by atoms with Crippen molar-refractivity contribution in [3.8, 4) is 0 Å². The Hall–Kier alpha value is -2.39. The lowest BCUT2D eigenvalue weighted by molar-refractivity contribution is -0.135. The fourth-order valence-electron chi connectivity index (χ4n) is 3.73. The van der Waals surface area contributed by atoms with Gasteiger partial charge in [0, 0.05) is 6.54 Å². The molecule has 0 aliphatic rings. The highest BCUT2D eigenvalue weighted by Gasteiger charge is 2.33. The van der Waals surface area contributed by atoms with Crippen molar-refractivity contribution in [1.82, 2.24) is 31.3 Å². The lowest BCUT2D eigenvalue weighted by Crippen LogP contribution is -2.60. The molecule has 0 spiro atoms. The molecule has 0 heterocycles. The van der Waals surface area contributed by atoms with Crippen LogP contribution in [0, 0.1) is 0 Å². The maximum absolute atomic E-state index is 13.1. The molecule has 13 N–H and O–H groups in total. The molecule has 6 atom stereocenters. The van der Waals surface area contributed by atoms with Gasteiger partial charge in [0.1, 0.15) is 24.2 Å². The van der Waals surface area contributed by atoms with Crippen LogP contribution >= 0.6 is 0 Å². The summed E-state index contributed by atoms with van der Waals surface area (Å²) in [6, 6.07) is -5.08. The van der Waals surface area contributed by atoms with E-state index in [2.05, 4.69) is 31.3 Å². The molecule has 0 radical (unpaired) electrons. The lowest BCUT2D eigenvalue weighted by atomic mass is 9.81. The first kappa shape index (κ1) is 40.6. The molecule has 0 saturated heterocycles. The van der Waals surface area contributed by atoms with Crippen molar-refractivity contribution in [2.24, 2.45) is 11.5 Å². The van der Waals surface area contributed by atoms with Gasteiger partial charge in [-0.1, -0.05) is 6.42 Å². The number of sulfonamides is 1. The Balaban J connectivity index is 5.56. The summed E-state index contributed by atoms with van der Waals surface area (Å²) < 4.78 is 27.2. The summed E-state index contributed by atoms with van der Waals surface area (Å²) in [6.45, 7) is 4.77. The second-order valence-corrected chi connectivity index (χ2v) is 12.3. The number of aliphatic hydroxyl groups is 1. The van der Waals surface area contributed by atoms with Crippen LogP contribution in [-0.4, -0.2) is 123 Å². The number of amides is 4. The third-order valence-electron chi connectivity index (χ3n) is 6.42. The number of nitrogens with two attached hydrogens (primary N) is 2. The number of hydrogen-bond acceptors (Lipinski definition) is 12. The molecule has 43 heavy (non-hydrogen) atoms. The van der Waals surface area contributed by atoms with Gasteiger partial charge in [-0.15, -0.1) is 0 Å². The van der Waals surface area contributed by atoms with Gasteiger partial charge in [-0.25, -0.2) is 13.1 Å². The van der Waals surface area contributed by atoms with Gasteiger partial charge in [0.05, 0.1) is 17.8 Å². The molecule has 0 aliphatic carbocycles. The molecule has 0 aliphatic heterocycles. The average molecular weight is 639 g/mol. The number of carbonyl (C=O) groups is 4. The maximum Gasteiger partial charge on any atom is 0.475 e. The van der Waals surface area contributed by atoms with Crippen molar-refractivity contribution in [2.75, 3.05) is 32.4 Å². The monoisotopic (exact) mass is 638 g/mol. The summed E-state index contributed by atoms with van der Waals surface area (Å²) in [4.78, 5) is 51.6. The zero-order valence-corrected chi connectivity index (χ0v) is 26.3. The standard InChI is InChI=1S/C24H51BN8O9S/c1-15(21(35)31-18(9-5-7-11-26)22(36)30-17(3)25(39)40)29-24(38)20(16(2)34)32-23(37)19(10-6-8-12-27)33-43(41,42)14-13-28-4/h15-20,28,33-34,39-40H,5-14,26-27H2,1-4H3,(H,29,38)(H,30,36)(H,31,35)(H,32,37)/t15-,16+,17-,18-,19?,20-/m0/s1. The SMILES string of the molecule is CNCCS(=O)(=O)NC(CCCCN)C(=O)N[C@H](C(=O)N[C@@H](C)C(=O)N[C@@H](CCCCN)C(=O)N[C@@H](C)B(O)O)[C@@H](C)O. The predicted octanol–water partition coefficient (Wildman–Crippen LogP) is -4.88. The van der Waals surface area contributed by atoms with Crippen molar-refractivity contribution in [1.29, 1.82) is 0 Å². The van der Waals surface area contributed by atoms with Crippen molar-refractivity contribution in [2.45, 2.75) is 95.5 Å². The number of aliphatic hydroxyl groups excluding tert-OH is 1. The molecule has 0 aromatic carbocycles. The van der Waals surface area contributed by atoms with E-state index in [-0.39, 0.29) is 25.1 Å². The second-order valence-electron chi connectivity index (χ2n) is 10.4. The number of rotatable bonds is 23. The molecule has 0 aromatic rings. The number of unbranched alkanes of at least 4 members (excludes halogenated alkanes) is 2. The van der Waals surface area contributed by atoms with Gasteiger partial charge in [0.15, 0.2) is 0 Å². The molecule has 1 unspecified atom stereocenters. The van der Waals surface area contributed by atoms with Crippen LogP contribution in [0.4, 0.5) is 0 Å². The molecule has 0 bridgehead atoms. The van der Waals surface area contributed by atoms with Crippen molar-refractivity contribution < 1.29 is 42.8 Å².